The molecule has 29 heavy (non-hydrogen) atoms. The maximum Gasteiger partial charge on any atom is 0.291 e. The molecule has 0 saturated carbocycles. The topological polar surface area (TPSA) is 63.7 Å². The van der Waals surface area contributed by atoms with Gasteiger partial charge in [0.15, 0.2) is 5.43 Å². The molecular weight excluding hydrogens is 434 g/mol. The maximum atomic E-state index is 13.4. The lowest BCUT2D eigenvalue weighted by Crippen LogP contribution is -2.29. The number of benzene rings is 2. The minimum Gasteiger partial charge on any atom is -0.467 e. The number of hydrogen-bond acceptors (Lipinski definition) is 4. The Bertz CT molecular complexity index is 1290. The number of aryl methyl sites for hydroxylation is 1. The molecule has 2 aromatic carbocycles. The number of carbonyl (C=O) groups excluding carboxylic acids is 1. The number of fused-ring (bicyclic) bond motifs is 2. The Hall–Kier alpha value is -3.12. The summed E-state index contributed by atoms with van der Waals surface area (Å²) in [6.07, 6.45) is 1.57. The van der Waals surface area contributed by atoms with Crippen LogP contribution in [0.25, 0.3) is 11.0 Å². The molecule has 0 spiro atoms. The zero-order valence-corrected chi connectivity index (χ0v) is 17.1. The van der Waals surface area contributed by atoms with Gasteiger partial charge in [-0.1, -0.05) is 39.7 Å². The van der Waals surface area contributed by atoms with Gasteiger partial charge in [-0.2, -0.15) is 0 Å². The number of rotatable bonds is 3. The van der Waals surface area contributed by atoms with E-state index in [2.05, 4.69) is 15.9 Å². The summed E-state index contributed by atoms with van der Waals surface area (Å²) in [4.78, 5) is 28.4. The SMILES string of the molecule is Cc1ccc2oc3c(c(=O)c2c1)C(c1ccc(Br)cc1)N(Cc1ccco1)C3=O. The molecular formula is C23H16BrNO4. The first-order valence-electron chi connectivity index (χ1n) is 9.19. The van der Waals surface area contributed by atoms with E-state index in [1.54, 1.807) is 29.4 Å². The fourth-order valence-corrected chi connectivity index (χ4v) is 4.12. The van der Waals surface area contributed by atoms with Gasteiger partial charge in [-0.05, 0) is 48.9 Å². The summed E-state index contributed by atoms with van der Waals surface area (Å²) in [6.45, 7) is 2.16. The van der Waals surface area contributed by atoms with Crippen LogP contribution < -0.4 is 5.43 Å². The molecule has 0 aliphatic carbocycles. The second kappa shape index (κ2) is 6.74. The monoisotopic (exact) mass is 449 g/mol. The Balaban J connectivity index is 1.75. The molecule has 1 atom stereocenters. The first kappa shape index (κ1) is 17.9. The van der Waals surface area contributed by atoms with E-state index in [4.69, 9.17) is 8.83 Å². The van der Waals surface area contributed by atoms with Crippen LogP contribution in [-0.2, 0) is 6.54 Å². The summed E-state index contributed by atoms with van der Waals surface area (Å²) < 4.78 is 12.3. The van der Waals surface area contributed by atoms with Crippen LogP contribution in [0, 0.1) is 6.92 Å². The fourth-order valence-electron chi connectivity index (χ4n) is 3.86. The van der Waals surface area contributed by atoms with E-state index in [1.807, 2.05) is 43.3 Å². The van der Waals surface area contributed by atoms with Crippen molar-refractivity contribution >= 4 is 32.8 Å². The first-order valence-corrected chi connectivity index (χ1v) is 9.98. The van der Waals surface area contributed by atoms with Crippen molar-refractivity contribution in [1.82, 2.24) is 4.90 Å². The van der Waals surface area contributed by atoms with Crippen molar-refractivity contribution in [3.63, 3.8) is 0 Å². The number of carbonyl (C=O) groups is 1. The van der Waals surface area contributed by atoms with Gasteiger partial charge in [0.05, 0.1) is 29.8 Å². The molecule has 4 aromatic rings. The predicted molar refractivity (Wildman–Crippen MR) is 112 cm³/mol. The highest BCUT2D eigenvalue weighted by atomic mass is 79.9. The zero-order chi connectivity index (χ0) is 20.1. The van der Waals surface area contributed by atoms with Crippen LogP contribution in [0.1, 0.15) is 39.0 Å². The highest BCUT2D eigenvalue weighted by Gasteiger charge is 2.43. The minimum atomic E-state index is -0.545. The molecule has 3 heterocycles. The summed E-state index contributed by atoms with van der Waals surface area (Å²) in [5.74, 6) is 0.427. The van der Waals surface area contributed by atoms with Crippen molar-refractivity contribution in [2.75, 3.05) is 0 Å². The van der Waals surface area contributed by atoms with Crippen molar-refractivity contribution in [3.8, 4) is 0 Å². The Morgan fingerprint density at radius 2 is 1.86 bits per heavy atom. The first-order chi connectivity index (χ1) is 14.0. The lowest BCUT2D eigenvalue weighted by Gasteiger charge is -2.24. The molecule has 0 radical (unpaired) electrons. The molecule has 5 nitrogen and oxygen atoms in total. The summed E-state index contributed by atoms with van der Waals surface area (Å²) in [7, 11) is 0. The predicted octanol–water partition coefficient (Wildman–Crippen LogP) is 5.20. The third kappa shape index (κ3) is 2.91. The molecule has 1 unspecified atom stereocenters. The molecule has 6 heteroatoms. The third-order valence-corrected chi connectivity index (χ3v) is 5.74. The average Bonchev–Trinajstić information content (AvgIpc) is 3.32. The molecule has 1 amide bonds. The van der Waals surface area contributed by atoms with Crippen LogP contribution in [0.4, 0.5) is 0 Å². The van der Waals surface area contributed by atoms with E-state index in [9.17, 15) is 9.59 Å². The largest absolute Gasteiger partial charge is 0.467 e. The Morgan fingerprint density at radius 1 is 1.07 bits per heavy atom. The Labute approximate surface area is 174 Å². The maximum absolute atomic E-state index is 13.4. The van der Waals surface area contributed by atoms with Gasteiger partial charge in [0.2, 0.25) is 5.76 Å². The molecule has 1 aliphatic rings. The fraction of sp³-hybridized carbons (Fsp3) is 0.130. The number of nitrogens with zero attached hydrogens (tertiary/aromatic N) is 1. The molecule has 1 aliphatic heterocycles. The zero-order valence-electron chi connectivity index (χ0n) is 15.5. The van der Waals surface area contributed by atoms with E-state index in [1.165, 1.54) is 0 Å². The highest BCUT2D eigenvalue weighted by Crippen LogP contribution is 2.39. The second-order valence-electron chi connectivity index (χ2n) is 7.14. The van der Waals surface area contributed by atoms with Crippen molar-refractivity contribution in [2.24, 2.45) is 0 Å². The van der Waals surface area contributed by atoms with Crippen molar-refractivity contribution in [2.45, 2.75) is 19.5 Å². The van der Waals surface area contributed by atoms with Crippen LogP contribution in [0.2, 0.25) is 0 Å². The lowest BCUT2D eigenvalue weighted by molar-refractivity contribution is 0.0701. The Morgan fingerprint density at radius 3 is 2.59 bits per heavy atom. The molecule has 0 fully saturated rings. The van der Waals surface area contributed by atoms with Gasteiger partial charge in [0.1, 0.15) is 11.3 Å². The van der Waals surface area contributed by atoms with Crippen LogP contribution in [0.3, 0.4) is 0 Å². The van der Waals surface area contributed by atoms with Crippen LogP contribution in [0.15, 0.2) is 79.0 Å². The average molecular weight is 450 g/mol. The third-order valence-electron chi connectivity index (χ3n) is 5.21. The van der Waals surface area contributed by atoms with E-state index in [0.717, 1.165) is 15.6 Å². The minimum absolute atomic E-state index is 0.103. The number of halogens is 1. The lowest BCUT2D eigenvalue weighted by atomic mass is 9.98. The molecule has 0 N–H and O–H groups in total. The molecule has 2 aromatic heterocycles. The van der Waals surface area contributed by atoms with Gasteiger partial charge in [-0.3, -0.25) is 9.59 Å². The van der Waals surface area contributed by atoms with E-state index < -0.39 is 6.04 Å². The van der Waals surface area contributed by atoms with Gasteiger partial charge >= 0.3 is 0 Å². The van der Waals surface area contributed by atoms with E-state index >= 15 is 0 Å². The van der Waals surface area contributed by atoms with Gasteiger partial charge in [-0.15, -0.1) is 0 Å². The summed E-state index contributed by atoms with van der Waals surface area (Å²) in [5.41, 5.74) is 2.42. The second-order valence-corrected chi connectivity index (χ2v) is 8.06. The number of hydrogen-bond donors (Lipinski definition) is 0. The summed E-state index contributed by atoms with van der Waals surface area (Å²) in [6, 6.07) is 16.1. The van der Waals surface area contributed by atoms with Gasteiger partial charge < -0.3 is 13.7 Å². The standard InChI is InChI=1S/C23H16BrNO4/c1-13-4-9-18-17(11-13)21(26)19-20(14-5-7-15(24)8-6-14)25(23(27)22(19)29-18)12-16-3-2-10-28-16/h2-11,20H,12H2,1H3. The van der Waals surface area contributed by atoms with E-state index in [-0.39, 0.29) is 23.6 Å². The van der Waals surface area contributed by atoms with Gasteiger partial charge in [0, 0.05) is 4.47 Å². The summed E-state index contributed by atoms with van der Waals surface area (Å²) in [5, 5.41) is 0.485. The van der Waals surface area contributed by atoms with Crippen molar-refractivity contribution < 1.29 is 13.6 Å². The molecule has 0 bridgehead atoms. The van der Waals surface area contributed by atoms with Crippen molar-refractivity contribution in [3.05, 3.63) is 104 Å². The van der Waals surface area contributed by atoms with Crippen molar-refractivity contribution in [1.29, 1.82) is 0 Å². The molecule has 0 saturated heterocycles. The van der Waals surface area contributed by atoms with Gasteiger partial charge in [-0.25, -0.2) is 0 Å². The van der Waals surface area contributed by atoms with Crippen LogP contribution >= 0.6 is 15.9 Å². The summed E-state index contributed by atoms with van der Waals surface area (Å²) >= 11 is 3.44. The normalized spacial score (nSPS) is 15.9. The molecule has 5 rings (SSSR count). The van der Waals surface area contributed by atoms with Crippen LogP contribution in [0.5, 0.6) is 0 Å². The van der Waals surface area contributed by atoms with Gasteiger partial charge in [0.25, 0.3) is 5.91 Å². The van der Waals surface area contributed by atoms with Crippen LogP contribution in [-0.4, -0.2) is 10.8 Å². The highest BCUT2D eigenvalue weighted by molar-refractivity contribution is 9.10. The smallest absolute Gasteiger partial charge is 0.291 e. The quantitative estimate of drug-likeness (QED) is 0.430. The molecule has 144 valence electrons. The Kier molecular flexibility index (Phi) is 4.17. The van der Waals surface area contributed by atoms with E-state index in [0.29, 0.717) is 22.3 Å². The number of amides is 1. The number of furan rings is 1.